The van der Waals surface area contributed by atoms with Crippen LogP contribution in [0, 0.1) is 0 Å². The average Bonchev–Trinajstić information content (AvgIpc) is 2.45. The summed E-state index contributed by atoms with van der Waals surface area (Å²) in [5, 5.41) is 0. The second-order valence-electron chi connectivity index (χ2n) is 4.98. The van der Waals surface area contributed by atoms with Crippen LogP contribution in [0.2, 0.25) is 0 Å². The molecule has 0 aromatic heterocycles. The van der Waals surface area contributed by atoms with Crippen molar-refractivity contribution in [2.75, 3.05) is 53.1 Å². The van der Waals surface area contributed by atoms with E-state index in [1.165, 1.54) is 6.42 Å². The Labute approximate surface area is 109 Å². The van der Waals surface area contributed by atoms with Crippen LogP contribution in [0.15, 0.2) is 0 Å². The maximum Gasteiger partial charge on any atom is 0.240 e. The molecule has 5 nitrogen and oxygen atoms in total. The van der Waals surface area contributed by atoms with Crippen molar-refractivity contribution in [3.8, 4) is 0 Å². The number of hydrogen-bond donors (Lipinski definition) is 0. The van der Waals surface area contributed by atoms with Crippen LogP contribution in [0.1, 0.15) is 19.3 Å². The van der Waals surface area contributed by atoms with E-state index >= 15 is 0 Å². The lowest BCUT2D eigenvalue weighted by molar-refractivity contribution is -0.142. The largest absolute Gasteiger partial charge is 0.383 e. The van der Waals surface area contributed by atoms with Gasteiger partial charge in [-0.25, -0.2) is 0 Å². The van der Waals surface area contributed by atoms with E-state index in [2.05, 4.69) is 4.90 Å². The van der Waals surface area contributed by atoms with Crippen LogP contribution in [0.4, 0.5) is 0 Å². The van der Waals surface area contributed by atoms with Gasteiger partial charge in [-0.3, -0.25) is 9.69 Å². The topological polar surface area (TPSA) is 42.0 Å². The quantitative estimate of drug-likeness (QED) is 0.728. The normalized spacial score (nSPS) is 26.3. The molecule has 1 amide bonds. The van der Waals surface area contributed by atoms with Gasteiger partial charge in [0.15, 0.2) is 0 Å². The van der Waals surface area contributed by atoms with Gasteiger partial charge in [0, 0.05) is 26.7 Å². The number of morpholine rings is 1. The minimum absolute atomic E-state index is 0.0620. The fourth-order valence-corrected chi connectivity index (χ4v) is 2.74. The molecule has 104 valence electrons. The lowest BCUT2D eigenvalue weighted by atomic mass is 10.0. The van der Waals surface area contributed by atoms with Gasteiger partial charge < -0.3 is 14.4 Å². The number of carbonyl (C=O) groups excluding carboxylic acids is 1. The maximum absolute atomic E-state index is 12.5. The average molecular weight is 256 g/mol. The first-order chi connectivity index (χ1) is 8.83. The van der Waals surface area contributed by atoms with Gasteiger partial charge >= 0.3 is 0 Å². The highest BCUT2D eigenvalue weighted by Gasteiger charge is 2.32. The summed E-state index contributed by atoms with van der Waals surface area (Å²) in [6, 6.07) is 0.0620. The molecule has 0 unspecified atom stereocenters. The van der Waals surface area contributed by atoms with E-state index in [4.69, 9.17) is 9.47 Å². The van der Waals surface area contributed by atoms with E-state index in [1.54, 1.807) is 7.11 Å². The molecule has 0 aromatic carbocycles. The number of nitrogens with zero attached hydrogens (tertiary/aromatic N) is 2. The van der Waals surface area contributed by atoms with E-state index in [9.17, 15) is 4.79 Å². The van der Waals surface area contributed by atoms with E-state index in [0.29, 0.717) is 19.8 Å². The second-order valence-corrected chi connectivity index (χ2v) is 4.98. The Kier molecular flexibility index (Phi) is 5.41. The maximum atomic E-state index is 12.5. The molecule has 0 saturated carbocycles. The molecule has 2 saturated heterocycles. The summed E-state index contributed by atoms with van der Waals surface area (Å²) >= 11 is 0. The van der Waals surface area contributed by atoms with Gasteiger partial charge in [-0.05, 0) is 19.4 Å². The van der Waals surface area contributed by atoms with Gasteiger partial charge in [0.05, 0.1) is 25.9 Å². The van der Waals surface area contributed by atoms with Crippen molar-refractivity contribution in [2.45, 2.75) is 25.3 Å². The van der Waals surface area contributed by atoms with Crippen molar-refractivity contribution in [1.82, 2.24) is 9.80 Å². The number of hydrogen-bond acceptors (Lipinski definition) is 4. The number of ether oxygens (including phenoxy) is 2. The van der Waals surface area contributed by atoms with Gasteiger partial charge in [0.25, 0.3) is 0 Å². The highest BCUT2D eigenvalue weighted by Crippen LogP contribution is 2.19. The zero-order valence-corrected chi connectivity index (χ0v) is 11.3. The van der Waals surface area contributed by atoms with Crippen LogP contribution in [0.3, 0.4) is 0 Å². The molecule has 0 N–H and O–H groups in total. The molecule has 0 aromatic rings. The number of carbonyl (C=O) groups is 1. The second kappa shape index (κ2) is 7.07. The summed E-state index contributed by atoms with van der Waals surface area (Å²) in [4.78, 5) is 16.8. The molecule has 2 aliphatic heterocycles. The first-order valence-electron chi connectivity index (χ1n) is 6.92. The fourth-order valence-electron chi connectivity index (χ4n) is 2.74. The minimum Gasteiger partial charge on any atom is -0.383 e. The van der Waals surface area contributed by atoms with Gasteiger partial charge in [-0.2, -0.15) is 0 Å². The van der Waals surface area contributed by atoms with Gasteiger partial charge in [0.1, 0.15) is 0 Å². The Morgan fingerprint density at radius 1 is 1.28 bits per heavy atom. The van der Waals surface area contributed by atoms with Crippen molar-refractivity contribution < 1.29 is 14.3 Å². The first kappa shape index (κ1) is 13.8. The number of rotatable bonds is 4. The summed E-state index contributed by atoms with van der Waals surface area (Å²) < 4.78 is 10.4. The Hall–Kier alpha value is -0.650. The molecule has 1 atom stereocenters. The van der Waals surface area contributed by atoms with E-state index in [-0.39, 0.29) is 11.9 Å². The SMILES string of the molecule is COCCN1CCCC[C@@H]1C(=O)N1CCOCC1. The molecule has 2 aliphatic rings. The summed E-state index contributed by atoms with van der Waals surface area (Å²) in [6.07, 6.45) is 3.33. The highest BCUT2D eigenvalue weighted by atomic mass is 16.5. The number of likely N-dealkylation sites (tertiary alicyclic amines) is 1. The fraction of sp³-hybridized carbons (Fsp3) is 0.923. The third kappa shape index (κ3) is 3.43. The van der Waals surface area contributed by atoms with Crippen LogP contribution in [-0.4, -0.2) is 74.9 Å². The predicted molar refractivity (Wildman–Crippen MR) is 68.5 cm³/mol. The summed E-state index contributed by atoms with van der Waals surface area (Å²) in [5.41, 5.74) is 0. The van der Waals surface area contributed by atoms with Crippen LogP contribution in [0.25, 0.3) is 0 Å². The van der Waals surface area contributed by atoms with Gasteiger partial charge in [0.2, 0.25) is 5.91 Å². The van der Waals surface area contributed by atoms with Crippen LogP contribution in [-0.2, 0) is 14.3 Å². The zero-order chi connectivity index (χ0) is 12.8. The molecule has 0 radical (unpaired) electrons. The molecular formula is C13H24N2O3. The molecule has 2 fully saturated rings. The van der Waals surface area contributed by atoms with Crippen LogP contribution >= 0.6 is 0 Å². The standard InChI is InChI=1S/C13H24N2O3/c1-17-9-6-14-5-3-2-4-12(14)13(16)15-7-10-18-11-8-15/h12H,2-11H2,1H3/t12-/m1/s1. The molecule has 0 aliphatic carbocycles. The predicted octanol–water partition coefficient (Wildman–Crippen LogP) is 0.346. The third-order valence-electron chi connectivity index (χ3n) is 3.80. The van der Waals surface area contributed by atoms with Crippen LogP contribution in [0.5, 0.6) is 0 Å². The van der Waals surface area contributed by atoms with Crippen molar-refractivity contribution in [3.05, 3.63) is 0 Å². The van der Waals surface area contributed by atoms with E-state index in [0.717, 1.165) is 39.0 Å². The Morgan fingerprint density at radius 3 is 2.78 bits per heavy atom. The zero-order valence-electron chi connectivity index (χ0n) is 11.3. The monoisotopic (exact) mass is 256 g/mol. The molecule has 0 bridgehead atoms. The molecular weight excluding hydrogens is 232 g/mol. The number of amides is 1. The van der Waals surface area contributed by atoms with Crippen molar-refractivity contribution in [3.63, 3.8) is 0 Å². The molecule has 0 spiro atoms. The van der Waals surface area contributed by atoms with Crippen molar-refractivity contribution in [2.24, 2.45) is 0 Å². The summed E-state index contributed by atoms with van der Waals surface area (Å²) in [6.45, 7) is 5.42. The van der Waals surface area contributed by atoms with Crippen molar-refractivity contribution in [1.29, 1.82) is 0 Å². The highest BCUT2D eigenvalue weighted by molar-refractivity contribution is 5.82. The lowest BCUT2D eigenvalue weighted by Crippen LogP contribution is -2.54. The van der Waals surface area contributed by atoms with Gasteiger partial charge in [-0.15, -0.1) is 0 Å². The molecule has 2 heterocycles. The lowest BCUT2D eigenvalue weighted by Gasteiger charge is -2.38. The molecule has 5 heteroatoms. The van der Waals surface area contributed by atoms with Crippen molar-refractivity contribution >= 4 is 5.91 Å². The smallest absolute Gasteiger partial charge is 0.240 e. The number of methoxy groups -OCH3 is 1. The third-order valence-corrected chi connectivity index (χ3v) is 3.80. The van der Waals surface area contributed by atoms with E-state index in [1.807, 2.05) is 4.90 Å². The molecule has 2 rings (SSSR count). The Morgan fingerprint density at radius 2 is 2.06 bits per heavy atom. The number of piperidine rings is 1. The molecule has 18 heavy (non-hydrogen) atoms. The summed E-state index contributed by atoms with van der Waals surface area (Å²) in [5.74, 6) is 0.286. The van der Waals surface area contributed by atoms with Crippen LogP contribution < -0.4 is 0 Å². The summed E-state index contributed by atoms with van der Waals surface area (Å²) in [7, 11) is 1.71. The van der Waals surface area contributed by atoms with Gasteiger partial charge in [-0.1, -0.05) is 6.42 Å². The Bertz CT molecular complexity index is 267. The van der Waals surface area contributed by atoms with E-state index < -0.39 is 0 Å². The Balaban J connectivity index is 1.91. The minimum atomic E-state index is 0.0620. The first-order valence-corrected chi connectivity index (χ1v) is 6.92.